The summed E-state index contributed by atoms with van der Waals surface area (Å²) in [5.41, 5.74) is 0. The minimum Gasteiger partial charge on any atom is -0.143 e. The van der Waals surface area contributed by atoms with Gasteiger partial charge in [-0.3, -0.25) is 0 Å². The molecular weight excluding hydrogens is 456 g/mol. The maximum Gasteiger partial charge on any atom is 0.0618 e. The van der Waals surface area contributed by atoms with E-state index in [-0.39, 0.29) is 0 Å². The van der Waals surface area contributed by atoms with Crippen LogP contribution in [0.1, 0.15) is 0 Å². The highest BCUT2D eigenvalue weighted by Gasteiger charge is 2.20. The van der Waals surface area contributed by atoms with E-state index in [0.29, 0.717) is 0 Å². The first-order valence-electron chi connectivity index (χ1n) is 5.73. The second-order valence-electron chi connectivity index (χ2n) is 4.10. The average molecular weight is 462 g/mol. The van der Waals surface area contributed by atoms with E-state index < -0.39 is 0 Å². The zero-order chi connectivity index (χ0) is 13.7. The van der Waals surface area contributed by atoms with Gasteiger partial charge in [-0.1, -0.05) is 12.1 Å². The van der Waals surface area contributed by atoms with Crippen LogP contribution in [0.3, 0.4) is 0 Å². The number of thiophene rings is 4. The summed E-state index contributed by atoms with van der Waals surface area (Å²) in [6.45, 7) is 0. The molecule has 0 bridgehead atoms. The Kier molecular flexibility index (Phi) is 3.65. The van der Waals surface area contributed by atoms with Crippen molar-refractivity contribution in [3.63, 3.8) is 0 Å². The molecule has 0 aromatic carbocycles. The highest BCUT2D eigenvalue weighted by atomic mass is 79.9. The molecule has 0 spiro atoms. The standard InChI is InChI=1S/C14H6Br2S4/c15-9-11(7-3-1-5-17-7)19-14-10(16)12(20-13(9)14)8-4-2-6-18-8/h1-6H. The van der Waals surface area contributed by atoms with Crippen molar-refractivity contribution in [3.8, 4) is 19.5 Å². The minimum absolute atomic E-state index is 1.23. The van der Waals surface area contributed by atoms with E-state index in [1.165, 1.54) is 37.9 Å². The molecule has 4 aromatic heterocycles. The summed E-state index contributed by atoms with van der Waals surface area (Å²) in [6.07, 6.45) is 0. The molecule has 20 heavy (non-hydrogen) atoms. The third kappa shape index (κ3) is 2.09. The molecular formula is C14H6Br2S4. The fraction of sp³-hybridized carbons (Fsp3) is 0. The molecule has 0 radical (unpaired) electrons. The van der Waals surface area contributed by atoms with Crippen LogP contribution < -0.4 is 0 Å². The van der Waals surface area contributed by atoms with Gasteiger partial charge in [0.05, 0.1) is 28.1 Å². The topological polar surface area (TPSA) is 0 Å². The molecule has 100 valence electrons. The molecule has 0 amide bonds. The summed E-state index contributed by atoms with van der Waals surface area (Å²) in [4.78, 5) is 5.32. The van der Waals surface area contributed by atoms with Crippen molar-refractivity contribution in [2.45, 2.75) is 0 Å². The summed E-state index contributed by atoms with van der Waals surface area (Å²) < 4.78 is 5.14. The fourth-order valence-corrected chi connectivity index (χ4v) is 8.49. The SMILES string of the molecule is Brc1c(-c2cccs2)sc2c(Br)c(-c3cccs3)sc12. The summed E-state index contributed by atoms with van der Waals surface area (Å²) >= 11 is 14.9. The summed E-state index contributed by atoms with van der Waals surface area (Å²) in [5.74, 6) is 0. The first-order chi connectivity index (χ1) is 9.75. The lowest BCUT2D eigenvalue weighted by Crippen LogP contribution is -1.64. The highest BCUT2D eigenvalue weighted by molar-refractivity contribution is 9.11. The van der Waals surface area contributed by atoms with E-state index in [2.05, 4.69) is 66.9 Å². The second kappa shape index (κ2) is 5.34. The van der Waals surface area contributed by atoms with Crippen LogP contribution in [0.4, 0.5) is 0 Å². The van der Waals surface area contributed by atoms with Gasteiger partial charge in [-0.25, -0.2) is 0 Å². The second-order valence-corrected chi connectivity index (χ2v) is 9.63. The Hall–Kier alpha value is 0.0200. The van der Waals surface area contributed by atoms with Gasteiger partial charge in [-0.15, -0.1) is 45.3 Å². The van der Waals surface area contributed by atoms with E-state index in [4.69, 9.17) is 0 Å². The highest BCUT2D eigenvalue weighted by Crippen LogP contribution is 2.53. The van der Waals surface area contributed by atoms with Crippen molar-refractivity contribution < 1.29 is 0 Å². The molecule has 0 aliphatic heterocycles. The third-order valence-electron chi connectivity index (χ3n) is 2.90. The molecule has 0 unspecified atom stereocenters. The van der Waals surface area contributed by atoms with Gasteiger partial charge in [0.15, 0.2) is 0 Å². The molecule has 0 fully saturated rings. The first kappa shape index (κ1) is 13.7. The summed E-state index contributed by atoms with van der Waals surface area (Å²) in [5, 5.41) is 4.25. The van der Waals surface area contributed by atoms with Crippen molar-refractivity contribution >= 4 is 86.6 Å². The number of hydrogen-bond donors (Lipinski definition) is 0. The lowest BCUT2D eigenvalue weighted by molar-refractivity contribution is 1.93. The number of fused-ring (bicyclic) bond motifs is 1. The molecule has 0 saturated carbocycles. The third-order valence-corrected chi connectivity index (χ3v) is 10.2. The van der Waals surface area contributed by atoms with Gasteiger partial charge < -0.3 is 0 Å². The van der Waals surface area contributed by atoms with E-state index >= 15 is 0 Å². The molecule has 0 nitrogen and oxygen atoms in total. The quantitative estimate of drug-likeness (QED) is 0.284. The van der Waals surface area contributed by atoms with Crippen molar-refractivity contribution in [2.75, 3.05) is 0 Å². The van der Waals surface area contributed by atoms with Gasteiger partial charge >= 0.3 is 0 Å². The molecule has 0 saturated heterocycles. The Bertz CT molecular complexity index is 792. The van der Waals surface area contributed by atoms with Gasteiger partial charge in [0.25, 0.3) is 0 Å². The van der Waals surface area contributed by atoms with Crippen molar-refractivity contribution in [1.29, 1.82) is 0 Å². The van der Waals surface area contributed by atoms with Crippen LogP contribution in [0.2, 0.25) is 0 Å². The zero-order valence-corrected chi connectivity index (χ0v) is 16.3. The van der Waals surface area contributed by atoms with Gasteiger partial charge in [-0.05, 0) is 54.8 Å². The number of hydrogen-bond acceptors (Lipinski definition) is 4. The Balaban J connectivity index is 1.96. The Labute approximate surface area is 149 Å². The summed E-state index contributed by atoms with van der Waals surface area (Å²) in [7, 11) is 0. The van der Waals surface area contributed by atoms with E-state index in [0.717, 1.165) is 0 Å². The zero-order valence-electron chi connectivity index (χ0n) is 9.85. The van der Waals surface area contributed by atoms with E-state index in [1.807, 2.05) is 22.7 Å². The van der Waals surface area contributed by atoms with Gasteiger partial charge in [0.2, 0.25) is 0 Å². The van der Waals surface area contributed by atoms with Crippen LogP contribution in [0, 0.1) is 0 Å². The van der Waals surface area contributed by atoms with Crippen LogP contribution in [0.5, 0.6) is 0 Å². The fourth-order valence-electron chi connectivity index (χ4n) is 2.01. The maximum atomic E-state index is 3.79. The normalized spacial score (nSPS) is 11.5. The maximum absolute atomic E-state index is 3.79. The lowest BCUT2D eigenvalue weighted by Gasteiger charge is -1.95. The summed E-state index contributed by atoms with van der Waals surface area (Å²) in [6, 6.07) is 8.57. The lowest BCUT2D eigenvalue weighted by atomic mass is 10.3. The van der Waals surface area contributed by atoms with Gasteiger partial charge in [0, 0.05) is 9.75 Å². The molecule has 0 aliphatic carbocycles. The van der Waals surface area contributed by atoms with Crippen LogP contribution in [-0.4, -0.2) is 0 Å². The van der Waals surface area contributed by atoms with Gasteiger partial charge in [0.1, 0.15) is 0 Å². The number of rotatable bonds is 2. The molecule has 4 heterocycles. The molecule has 6 heteroatoms. The van der Waals surface area contributed by atoms with Crippen molar-refractivity contribution in [1.82, 2.24) is 0 Å². The van der Waals surface area contributed by atoms with Crippen LogP contribution in [0.25, 0.3) is 28.9 Å². The number of halogens is 2. The van der Waals surface area contributed by atoms with E-state index in [9.17, 15) is 0 Å². The van der Waals surface area contributed by atoms with Gasteiger partial charge in [-0.2, -0.15) is 0 Å². The van der Waals surface area contributed by atoms with E-state index in [1.54, 1.807) is 22.7 Å². The Morgan fingerprint density at radius 1 is 0.700 bits per heavy atom. The first-order valence-corrected chi connectivity index (χ1v) is 10.7. The molecule has 0 aliphatic rings. The van der Waals surface area contributed by atoms with Crippen molar-refractivity contribution in [2.24, 2.45) is 0 Å². The van der Waals surface area contributed by atoms with Crippen LogP contribution in [-0.2, 0) is 0 Å². The predicted molar refractivity (Wildman–Crippen MR) is 102 cm³/mol. The monoisotopic (exact) mass is 460 g/mol. The average Bonchev–Trinajstić information content (AvgIpc) is 3.18. The minimum atomic E-state index is 1.23. The smallest absolute Gasteiger partial charge is 0.0618 e. The molecule has 4 rings (SSSR count). The van der Waals surface area contributed by atoms with Crippen LogP contribution >= 0.6 is 77.2 Å². The van der Waals surface area contributed by atoms with Crippen LogP contribution in [0.15, 0.2) is 44.0 Å². The molecule has 4 aromatic rings. The largest absolute Gasteiger partial charge is 0.143 e. The molecule has 0 atom stereocenters. The van der Waals surface area contributed by atoms with Crippen molar-refractivity contribution in [3.05, 3.63) is 44.0 Å². The Morgan fingerprint density at radius 2 is 1.15 bits per heavy atom. The molecule has 0 N–H and O–H groups in total. The Morgan fingerprint density at radius 3 is 1.50 bits per heavy atom. The predicted octanol–water partition coefficient (Wildman–Crippen LogP) is 7.94.